The summed E-state index contributed by atoms with van der Waals surface area (Å²) in [6.45, 7) is 1.09. The Balaban J connectivity index is 1.72. The lowest BCUT2D eigenvalue weighted by molar-refractivity contribution is -0.132. The number of carbonyl (C=O) groups is 3. The molecule has 0 aromatic heterocycles. The number of rotatable bonds is 3. The number of imide groups is 1. The largest absolute Gasteiger partial charge is 0.340 e. The third kappa shape index (κ3) is 3.03. The summed E-state index contributed by atoms with van der Waals surface area (Å²) in [5, 5.41) is 3.17. The Bertz CT molecular complexity index is 677. The highest BCUT2D eigenvalue weighted by molar-refractivity contribution is 9.10. The molecule has 1 saturated heterocycles. The Hall–Kier alpha value is -1.73. The van der Waals surface area contributed by atoms with Gasteiger partial charge in [0.15, 0.2) is 0 Å². The van der Waals surface area contributed by atoms with Gasteiger partial charge >= 0.3 is 0 Å². The molecule has 1 atom stereocenters. The standard InChI is InChI=1S/C16H18BrN3O3/c1-18-11-3-2-6-19(8-11)14(21)9-20-15(22)12-5-4-10(17)7-13(12)16(20)23/h4-5,7,11,18H,2-3,6,8-9H2,1H3. The van der Waals surface area contributed by atoms with Crippen LogP contribution >= 0.6 is 15.9 Å². The lowest BCUT2D eigenvalue weighted by atomic mass is 10.1. The molecule has 1 aromatic rings. The lowest BCUT2D eigenvalue weighted by Gasteiger charge is -2.33. The summed E-state index contributed by atoms with van der Waals surface area (Å²) in [5.41, 5.74) is 0.710. The van der Waals surface area contributed by atoms with Gasteiger partial charge in [0.05, 0.1) is 11.1 Å². The molecule has 1 N–H and O–H groups in total. The molecule has 2 aliphatic heterocycles. The number of fused-ring (bicyclic) bond motifs is 1. The van der Waals surface area contributed by atoms with Crippen molar-refractivity contribution in [1.82, 2.24) is 15.1 Å². The van der Waals surface area contributed by atoms with E-state index in [4.69, 9.17) is 0 Å². The maximum Gasteiger partial charge on any atom is 0.262 e. The highest BCUT2D eigenvalue weighted by Crippen LogP contribution is 2.26. The van der Waals surface area contributed by atoms with Gasteiger partial charge in [-0.25, -0.2) is 0 Å². The SMILES string of the molecule is CNC1CCCN(C(=O)CN2C(=O)c3ccc(Br)cc3C2=O)C1. The van der Waals surface area contributed by atoms with Gasteiger partial charge in [0.1, 0.15) is 6.54 Å². The first-order chi connectivity index (χ1) is 11.0. The molecule has 1 fully saturated rings. The first-order valence-electron chi connectivity index (χ1n) is 7.62. The number of hydrogen-bond acceptors (Lipinski definition) is 4. The number of carbonyl (C=O) groups excluding carboxylic acids is 3. The first kappa shape index (κ1) is 16.1. The third-order valence-electron chi connectivity index (χ3n) is 4.41. The van der Waals surface area contributed by atoms with Crippen molar-refractivity contribution >= 4 is 33.7 Å². The van der Waals surface area contributed by atoms with Crippen molar-refractivity contribution in [3.63, 3.8) is 0 Å². The number of nitrogens with one attached hydrogen (secondary N) is 1. The molecule has 0 aliphatic carbocycles. The van der Waals surface area contributed by atoms with Crippen molar-refractivity contribution in [2.24, 2.45) is 0 Å². The average molecular weight is 380 g/mol. The van der Waals surface area contributed by atoms with Gasteiger partial charge in [0.2, 0.25) is 5.91 Å². The molecule has 3 rings (SSSR count). The normalized spacial score (nSPS) is 20.9. The zero-order chi connectivity index (χ0) is 16.6. The Labute approximate surface area is 142 Å². The van der Waals surface area contributed by atoms with Gasteiger partial charge in [-0.3, -0.25) is 19.3 Å². The van der Waals surface area contributed by atoms with E-state index in [1.54, 1.807) is 23.1 Å². The van der Waals surface area contributed by atoms with E-state index >= 15 is 0 Å². The summed E-state index contributed by atoms with van der Waals surface area (Å²) >= 11 is 3.30. The average Bonchev–Trinajstić information content (AvgIpc) is 2.79. The van der Waals surface area contributed by atoms with E-state index in [0.717, 1.165) is 22.2 Å². The van der Waals surface area contributed by atoms with Crippen LogP contribution in [0.5, 0.6) is 0 Å². The highest BCUT2D eigenvalue weighted by Gasteiger charge is 2.37. The molecule has 1 aromatic carbocycles. The smallest absolute Gasteiger partial charge is 0.262 e. The molecule has 23 heavy (non-hydrogen) atoms. The molecular weight excluding hydrogens is 362 g/mol. The van der Waals surface area contributed by atoms with Crippen molar-refractivity contribution < 1.29 is 14.4 Å². The molecule has 6 nitrogen and oxygen atoms in total. The van der Waals surface area contributed by atoms with Crippen LogP contribution in [-0.2, 0) is 4.79 Å². The fourth-order valence-corrected chi connectivity index (χ4v) is 3.44. The van der Waals surface area contributed by atoms with E-state index < -0.39 is 11.8 Å². The summed E-state index contributed by atoms with van der Waals surface area (Å²) in [5.74, 6) is -0.978. The van der Waals surface area contributed by atoms with Gasteiger partial charge in [-0.05, 0) is 38.1 Å². The van der Waals surface area contributed by atoms with Crippen LogP contribution in [0.4, 0.5) is 0 Å². The van der Waals surface area contributed by atoms with Crippen LogP contribution < -0.4 is 5.32 Å². The number of likely N-dealkylation sites (N-methyl/N-ethyl adjacent to an activating group) is 1. The maximum atomic E-state index is 12.5. The van der Waals surface area contributed by atoms with Crippen LogP contribution in [0, 0.1) is 0 Å². The van der Waals surface area contributed by atoms with Gasteiger partial charge < -0.3 is 10.2 Å². The Morgan fingerprint density at radius 1 is 1.30 bits per heavy atom. The van der Waals surface area contributed by atoms with Crippen LogP contribution in [0.2, 0.25) is 0 Å². The molecule has 0 saturated carbocycles. The van der Waals surface area contributed by atoms with Crippen LogP contribution in [0.3, 0.4) is 0 Å². The van der Waals surface area contributed by atoms with Gasteiger partial charge in [-0.1, -0.05) is 15.9 Å². The molecule has 122 valence electrons. The Kier molecular flexibility index (Phi) is 4.50. The lowest BCUT2D eigenvalue weighted by Crippen LogP contribution is -2.50. The zero-order valence-electron chi connectivity index (χ0n) is 12.8. The van der Waals surface area contributed by atoms with Crippen molar-refractivity contribution in [3.05, 3.63) is 33.8 Å². The molecule has 0 spiro atoms. The third-order valence-corrected chi connectivity index (χ3v) is 4.90. The van der Waals surface area contributed by atoms with Crippen molar-refractivity contribution in [2.45, 2.75) is 18.9 Å². The molecule has 0 radical (unpaired) electrons. The van der Waals surface area contributed by atoms with Gasteiger partial charge in [0, 0.05) is 23.6 Å². The number of amides is 3. The summed E-state index contributed by atoms with van der Waals surface area (Å²) in [4.78, 5) is 40.0. The number of piperidine rings is 1. The van der Waals surface area contributed by atoms with E-state index in [2.05, 4.69) is 21.2 Å². The van der Waals surface area contributed by atoms with Gasteiger partial charge in [-0.15, -0.1) is 0 Å². The van der Waals surface area contributed by atoms with Crippen LogP contribution in [0.15, 0.2) is 22.7 Å². The van der Waals surface area contributed by atoms with Crippen LogP contribution in [0.1, 0.15) is 33.6 Å². The maximum absolute atomic E-state index is 12.5. The minimum Gasteiger partial charge on any atom is -0.340 e. The monoisotopic (exact) mass is 379 g/mol. The second kappa shape index (κ2) is 6.41. The van der Waals surface area contributed by atoms with Crippen molar-refractivity contribution in [1.29, 1.82) is 0 Å². The number of likely N-dealkylation sites (tertiary alicyclic amines) is 1. The van der Waals surface area contributed by atoms with Crippen LogP contribution in [-0.4, -0.2) is 60.2 Å². The molecule has 7 heteroatoms. The van der Waals surface area contributed by atoms with E-state index in [9.17, 15) is 14.4 Å². The predicted molar refractivity (Wildman–Crippen MR) is 88.2 cm³/mol. The first-order valence-corrected chi connectivity index (χ1v) is 8.41. The van der Waals surface area contributed by atoms with Gasteiger partial charge in [-0.2, -0.15) is 0 Å². The molecule has 2 heterocycles. The number of benzene rings is 1. The molecule has 3 amide bonds. The fraction of sp³-hybridized carbons (Fsp3) is 0.438. The Morgan fingerprint density at radius 3 is 2.78 bits per heavy atom. The molecule has 0 bridgehead atoms. The van der Waals surface area contributed by atoms with E-state index in [1.165, 1.54) is 0 Å². The summed E-state index contributed by atoms with van der Waals surface area (Å²) in [6, 6.07) is 5.23. The quantitative estimate of drug-likeness (QED) is 0.802. The van der Waals surface area contributed by atoms with Crippen LogP contribution in [0.25, 0.3) is 0 Å². The second-order valence-corrected chi connectivity index (χ2v) is 6.77. The summed E-state index contributed by atoms with van der Waals surface area (Å²) in [7, 11) is 1.88. The predicted octanol–water partition coefficient (Wildman–Crippen LogP) is 1.26. The van der Waals surface area contributed by atoms with E-state index in [-0.39, 0.29) is 18.5 Å². The molecule has 1 unspecified atom stereocenters. The summed E-state index contributed by atoms with van der Waals surface area (Å²) < 4.78 is 0.735. The van der Waals surface area contributed by atoms with Crippen molar-refractivity contribution in [3.8, 4) is 0 Å². The van der Waals surface area contributed by atoms with Gasteiger partial charge in [0.25, 0.3) is 11.8 Å². The molecule has 2 aliphatic rings. The van der Waals surface area contributed by atoms with Crippen molar-refractivity contribution in [2.75, 3.05) is 26.7 Å². The topological polar surface area (TPSA) is 69.7 Å². The number of nitrogens with zero attached hydrogens (tertiary/aromatic N) is 2. The minimum absolute atomic E-state index is 0.182. The van der Waals surface area contributed by atoms with E-state index in [0.29, 0.717) is 24.2 Å². The Morgan fingerprint density at radius 2 is 2.04 bits per heavy atom. The number of halogens is 1. The number of hydrogen-bond donors (Lipinski definition) is 1. The molecular formula is C16H18BrN3O3. The zero-order valence-corrected chi connectivity index (χ0v) is 14.4. The van der Waals surface area contributed by atoms with E-state index in [1.807, 2.05) is 7.05 Å². The highest BCUT2D eigenvalue weighted by atomic mass is 79.9. The second-order valence-electron chi connectivity index (χ2n) is 5.85. The summed E-state index contributed by atoms with van der Waals surface area (Å²) in [6.07, 6.45) is 1.95. The minimum atomic E-state index is -0.401. The fourth-order valence-electron chi connectivity index (χ4n) is 3.08.